The molecule has 1 aliphatic rings. The zero-order chi connectivity index (χ0) is 18.7. The lowest BCUT2D eigenvalue weighted by Crippen LogP contribution is -2.23. The van der Waals surface area contributed by atoms with E-state index in [-0.39, 0.29) is 5.78 Å². The molecule has 138 valence electrons. The molecule has 2 aromatic rings. The Bertz CT molecular complexity index is 838. The number of carbonyl (C=O) groups is 2. The topological polar surface area (TPSA) is 76.4 Å². The van der Waals surface area contributed by atoms with Gasteiger partial charge in [-0.2, -0.15) is 0 Å². The summed E-state index contributed by atoms with van der Waals surface area (Å²) < 4.78 is 14.0. The fraction of sp³-hybridized carbons (Fsp3) is 0.400. The van der Waals surface area contributed by atoms with E-state index in [1.165, 1.54) is 0 Å². The van der Waals surface area contributed by atoms with Gasteiger partial charge in [-0.1, -0.05) is 13.3 Å². The third-order valence-electron chi connectivity index (χ3n) is 4.84. The maximum atomic E-state index is 12.9. The summed E-state index contributed by atoms with van der Waals surface area (Å²) in [4.78, 5) is 25.0. The first-order valence-corrected chi connectivity index (χ1v) is 10.3. The van der Waals surface area contributed by atoms with Crippen LogP contribution in [0.4, 0.5) is 0 Å². The molecule has 1 aromatic heterocycles. The number of ketones is 1. The summed E-state index contributed by atoms with van der Waals surface area (Å²) in [7, 11) is -1.04. The second-order valence-corrected chi connectivity index (χ2v) is 8.16. The summed E-state index contributed by atoms with van der Waals surface area (Å²) in [5.41, 5.74) is 1.75. The standard InChI is InChI=1S/C20H23NO4S/c1-2-3-13-26(25)15-8-6-14(7-9-15)19(22)18-11-10-17-16(20(23)24)5-4-12-21(17)18/h6-11,16H,2-5,12-13H2,1H3,(H,23,24). The number of benzene rings is 1. The Morgan fingerprint density at radius 2 is 1.92 bits per heavy atom. The fourth-order valence-electron chi connectivity index (χ4n) is 3.39. The van der Waals surface area contributed by atoms with Crippen molar-refractivity contribution in [2.45, 2.75) is 50.0 Å². The molecule has 6 heteroatoms. The molecule has 1 N–H and O–H groups in total. The largest absolute Gasteiger partial charge is 0.481 e. The van der Waals surface area contributed by atoms with E-state index in [9.17, 15) is 18.9 Å². The molecule has 0 radical (unpaired) electrons. The molecule has 1 aliphatic heterocycles. The SMILES string of the molecule is CCCCS(=O)c1ccc(C(=O)c2ccc3n2CCCC3C(=O)O)cc1. The van der Waals surface area contributed by atoms with Crippen molar-refractivity contribution in [1.82, 2.24) is 4.57 Å². The van der Waals surface area contributed by atoms with Gasteiger partial charge < -0.3 is 9.67 Å². The van der Waals surface area contributed by atoms with Crippen LogP contribution in [0, 0.1) is 0 Å². The molecule has 0 aliphatic carbocycles. The van der Waals surface area contributed by atoms with Crippen LogP contribution < -0.4 is 0 Å². The number of unbranched alkanes of at least 4 members (excludes halogenated alkanes) is 1. The van der Waals surface area contributed by atoms with Crippen molar-refractivity contribution in [2.24, 2.45) is 0 Å². The van der Waals surface area contributed by atoms with Crippen molar-refractivity contribution in [1.29, 1.82) is 0 Å². The zero-order valence-corrected chi connectivity index (χ0v) is 15.6. The number of carbonyl (C=O) groups excluding carboxylic acids is 1. The minimum Gasteiger partial charge on any atom is -0.481 e. The predicted molar refractivity (Wildman–Crippen MR) is 100 cm³/mol. The third kappa shape index (κ3) is 3.65. The van der Waals surface area contributed by atoms with E-state index < -0.39 is 22.7 Å². The second-order valence-electron chi connectivity index (χ2n) is 6.58. The smallest absolute Gasteiger partial charge is 0.312 e. The number of aliphatic carboxylic acids is 1. The van der Waals surface area contributed by atoms with Crippen molar-refractivity contribution in [3.63, 3.8) is 0 Å². The van der Waals surface area contributed by atoms with E-state index in [1.807, 2.05) is 4.57 Å². The minimum atomic E-state index is -1.04. The van der Waals surface area contributed by atoms with Crippen molar-refractivity contribution >= 4 is 22.6 Å². The highest BCUT2D eigenvalue weighted by Gasteiger charge is 2.29. The number of hydrogen-bond donors (Lipinski definition) is 1. The number of hydrogen-bond acceptors (Lipinski definition) is 3. The first-order valence-electron chi connectivity index (χ1n) is 8.98. The van der Waals surface area contributed by atoms with Crippen molar-refractivity contribution in [2.75, 3.05) is 5.75 Å². The quantitative estimate of drug-likeness (QED) is 0.753. The molecule has 5 nitrogen and oxygen atoms in total. The lowest BCUT2D eigenvalue weighted by atomic mass is 9.96. The van der Waals surface area contributed by atoms with Crippen LogP contribution in [0.3, 0.4) is 0 Å². The Labute approximate surface area is 155 Å². The lowest BCUT2D eigenvalue weighted by molar-refractivity contribution is -0.139. The van der Waals surface area contributed by atoms with Crippen molar-refractivity contribution in [3.05, 3.63) is 53.3 Å². The van der Waals surface area contributed by atoms with Crippen LogP contribution in [0.25, 0.3) is 0 Å². The van der Waals surface area contributed by atoms with Gasteiger partial charge in [0.1, 0.15) is 0 Å². The predicted octanol–water partition coefficient (Wildman–Crippen LogP) is 3.59. The third-order valence-corrected chi connectivity index (χ3v) is 6.30. The van der Waals surface area contributed by atoms with Crippen LogP contribution in [-0.4, -0.2) is 31.4 Å². The Morgan fingerprint density at radius 1 is 1.19 bits per heavy atom. The maximum Gasteiger partial charge on any atom is 0.312 e. The first kappa shape index (κ1) is 18.6. The molecule has 0 saturated carbocycles. The Hall–Kier alpha value is -2.21. The van der Waals surface area contributed by atoms with E-state index in [1.54, 1.807) is 36.4 Å². The molecular formula is C20H23NO4S. The highest BCUT2D eigenvalue weighted by Crippen LogP contribution is 2.30. The highest BCUT2D eigenvalue weighted by molar-refractivity contribution is 7.85. The van der Waals surface area contributed by atoms with Crippen LogP contribution >= 0.6 is 0 Å². The van der Waals surface area contributed by atoms with Gasteiger partial charge in [0.25, 0.3) is 0 Å². The normalized spacial score (nSPS) is 17.5. The van der Waals surface area contributed by atoms with Crippen LogP contribution in [0.2, 0.25) is 0 Å². The van der Waals surface area contributed by atoms with E-state index in [2.05, 4.69) is 6.92 Å². The number of aromatic nitrogens is 1. The first-order chi connectivity index (χ1) is 12.5. The van der Waals surface area contributed by atoms with E-state index >= 15 is 0 Å². The number of carboxylic acid groups (broad SMARTS) is 1. The number of rotatable bonds is 7. The molecule has 0 amide bonds. The molecule has 2 atom stereocenters. The van der Waals surface area contributed by atoms with Crippen LogP contribution in [-0.2, 0) is 22.1 Å². The molecule has 0 fully saturated rings. The summed E-state index contributed by atoms with van der Waals surface area (Å²) in [6, 6.07) is 10.4. The zero-order valence-electron chi connectivity index (χ0n) is 14.8. The molecule has 0 bridgehead atoms. The van der Waals surface area contributed by atoms with Crippen LogP contribution in [0.5, 0.6) is 0 Å². The minimum absolute atomic E-state index is 0.131. The van der Waals surface area contributed by atoms with E-state index in [0.717, 1.165) is 24.2 Å². The molecule has 0 spiro atoms. The monoisotopic (exact) mass is 373 g/mol. The van der Waals surface area contributed by atoms with Crippen LogP contribution in [0.1, 0.15) is 60.3 Å². The van der Waals surface area contributed by atoms with Gasteiger partial charge in [0.15, 0.2) is 0 Å². The van der Waals surface area contributed by atoms with Gasteiger partial charge in [-0.3, -0.25) is 13.8 Å². The number of nitrogens with zero attached hydrogens (tertiary/aromatic N) is 1. The van der Waals surface area contributed by atoms with Gasteiger partial charge in [0.05, 0.1) is 22.4 Å². The molecule has 3 rings (SSSR count). The van der Waals surface area contributed by atoms with Crippen molar-refractivity contribution in [3.8, 4) is 0 Å². The summed E-state index contributed by atoms with van der Waals surface area (Å²) in [5.74, 6) is -0.893. The highest BCUT2D eigenvalue weighted by atomic mass is 32.2. The lowest BCUT2D eigenvalue weighted by Gasteiger charge is -2.23. The Balaban J connectivity index is 1.82. The number of fused-ring (bicyclic) bond motifs is 1. The molecule has 0 saturated heterocycles. The summed E-state index contributed by atoms with van der Waals surface area (Å²) in [6.07, 6.45) is 3.26. The summed E-state index contributed by atoms with van der Waals surface area (Å²) in [5, 5.41) is 9.37. The van der Waals surface area contributed by atoms with Crippen LogP contribution in [0.15, 0.2) is 41.3 Å². The fourth-order valence-corrected chi connectivity index (χ4v) is 4.61. The van der Waals surface area contributed by atoms with Gasteiger partial charge >= 0.3 is 5.97 Å². The van der Waals surface area contributed by atoms with E-state index in [4.69, 9.17) is 0 Å². The summed E-state index contributed by atoms with van der Waals surface area (Å²) in [6.45, 7) is 2.72. The summed E-state index contributed by atoms with van der Waals surface area (Å²) >= 11 is 0. The average Bonchev–Trinajstić information content (AvgIpc) is 3.09. The van der Waals surface area contributed by atoms with Gasteiger partial charge in [0, 0.05) is 28.5 Å². The second kappa shape index (κ2) is 7.99. The molecule has 2 heterocycles. The number of carboxylic acids is 1. The Kier molecular flexibility index (Phi) is 5.71. The Morgan fingerprint density at radius 3 is 2.58 bits per heavy atom. The molecule has 26 heavy (non-hydrogen) atoms. The van der Waals surface area contributed by atoms with Gasteiger partial charge in [-0.25, -0.2) is 0 Å². The van der Waals surface area contributed by atoms with Crippen molar-refractivity contribution < 1.29 is 18.9 Å². The average molecular weight is 373 g/mol. The maximum absolute atomic E-state index is 12.9. The van der Waals surface area contributed by atoms with E-state index in [0.29, 0.717) is 35.7 Å². The molecule has 2 unspecified atom stereocenters. The molecular weight excluding hydrogens is 350 g/mol. The molecule has 1 aromatic carbocycles. The van der Waals surface area contributed by atoms with Gasteiger partial charge in [0.2, 0.25) is 5.78 Å². The van der Waals surface area contributed by atoms with Gasteiger partial charge in [-0.15, -0.1) is 0 Å². The van der Waals surface area contributed by atoms with Gasteiger partial charge in [-0.05, 0) is 55.7 Å².